The lowest BCUT2D eigenvalue weighted by Crippen LogP contribution is -2.07. The van der Waals surface area contributed by atoms with Crippen molar-refractivity contribution in [3.63, 3.8) is 0 Å². The second kappa shape index (κ2) is 3.51. The number of pyridine rings is 1. The fourth-order valence-electron chi connectivity index (χ4n) is 1.33. The van der Waals surface area contributed by atoms with E-state index in [4.69, 9.17) is 5.73 Å². The van der Waals surface area contributed by atoms with Gasteiger partial charge in [-0.3, -0.25) is 10.1 Å². The van der Waals surface area contributed by atoms with Crippen molar-refractivity contribution in [2.75, 3.05) is 5.73 Å². The van der Waals surface area contributed by atoms with Gasteiger partial charge in [0.25, 0.3) is 0 Å². The van der Waals surface area contributed by atoms with Crippen LogP contribution in [0.1, 0.15) is 5.56 Å². The minimum absolute atomic E-state index is 0.0216. The number of nitrogens with zero attached hydrogens (tertiary/aromatic N) is 2. The number of nitrogens with two attached hydrogens (primary N) is 1. The molecule has 16 heavy (non-hydrogen) atoms. The van der Waals surface area contributed by atoms with Crippen LogP contribution >= 0.6 is 0 Å². The molecule has 0 bridgehead atoms. The number of hydrogen-bond donors (Lipinski definition) is 2. The molecule has 7 heteroatoms. The predicted molar refractivity (Wildman–Crippen MR) is 51.2 cm³/mol. The first-order valence-corrected chi connectivity index (χ1v) is 4.31. The van der Waals surface area contributed by atoms with Crippen LogP contribution in [-0.4, -0.2) is 15.2 Å². The number of anilines is 1. The van der Waals surface area contributed by atoms with Crippen molar-refractivity contribution in [3.05, 3.63) is 30.1 Å². The Morgan fingerprint density at radius 1 is 1.31 bits per heavy atom. The van der Waals surface area contributed by atoms with Crippen LogP contribution in [0.5, 0.6) is 0 Å². The largest absolute Gasteiger partial charge is 0.418 e. The van der Waals surface area contributed by atoms with Gasteiger partial charge in [0.1, 0.15) is 5.82 Å². The van der Waals surface area contributed by atoms with E-state index >= 15 is 0 Å². The van der Waals surface area contributed by atoms with Crippen molar-refractivity contribution in [2.24, 2.45) is 0 Å². The molecule has 0 saturated carbocycles. The zero-order valence-electron chi connectivity index (χ0n) is 7.92. The number of aromatic nitrogens is 3. The molecular formula is C9H7F3N4. The third-order valence-corrected chi connectivity index (χ3v) is 2.01. The van der Waals surface area contributed by atoms with Crippen LogP contribution < -0.4 is 5.73 Å². The predicted octanol–water partition coefficient (Wildman–Crippen LogP) is 2.07. The Hall–Kier alpha value is -2.05. The Morgan fingerprint density at radius 2 is 2.06 bits per heavy atom. The summed E-state index contributed by atoms with van der Waals surface area (Å²) >= 11 is 0. The summed E-state index contributed by atoms with van der Waals surface area (Å²) in [5.74, 6) is 0.139. The average molecular weight is 228 g/mol. The standard InChI is InChI=1S/C9H7F3N4/c10-9(11,12)6-4-14-2-1-5(6)7-3-8(13)16-15-7/h1-4H,(H3,13,15,16). The number of H-pyrrole nitrogens is 1. The van der Waals surface area contributed by atoms with Gasteiger partial charge in [-0.15, -0.1) is 0 Å². The molecule has 2 aromatic rings. The molecule has 0 aliphatic rings. The van der Waals surface area contributed by atoms with Crippen LogP contribution in [0.25, 0.3) is 11.3 Å². The highest BCUT2D eigenvalue weighted by Gasteiger charge is 2.34. The van der Waals surface area contributed by atoms with E-state index in [0.29, 0.717) is 0 Å². The van der Waals surface area contributed by atoms with Gasteiger partial charge < -0.3 is 5.73 Å². The number of halogens is 3. The Balaban J connectivity index is 2.57. The summed E-state index contributed by atoms with van der Waals surface area (Å²) in [5.41, 5.74) is 4.71. The summed E-state index contributed by atoms with van der Waals surface area (Å²) in [6, 6.07) is 2.60. The van der Waals surface area contributed by atoms with Crippen LogP contribution in [0.3, 0.4) is 0 Å². The SMILES string of the molecule is Nc1cc(-c2ccncc2C(F)(F)F)[nH]n1. The summed E-state index contributed by atoms with van der Waals surface area (Å²) in [7, 11) is 0. The fraction of sp³-hybridized carbons (Fsp3) is 0.111. The average Bonchev–Trinajstić information content (AvgIpc) is 2.64. The quantitative estimate of drug-likeness (QED) is 0.785. The molecule has 2 rings (SSSR count). The Kier molecular flexibility index (Phi) is 2.30. The first kappa shape index (κ1) is 10.5. The van der Waals surface area contributed by atoms with E-state index in [0.717, 1.165) is 6.20 Å². The maximum atomic E-state index is 12.6. The molecular weight excluding hydrogens is 221 g/mol. The minimum atomic E-state index is -4.45. The zero-order chi connectivity index (χ0) is 11.8. The van der Waals surface area contributed by atoms with Crippen molar-refractivity contribution in [3.8, 4) is 11.3 Å². The Labute approximate surface area is 88.3 Å². The highest BCUT2D eigenvalue weighted by atomic mass is 19.4. The number of nitrogen functional groups attached to an aromatic ring is 1. The highest BCUT2D eigenvalue weighted by Crippen LogP contribution is 2.35. The molecule has 3 N–H and O–H groups in total. The molecule has 0 radical (unpaired) electrons. The topological polar surface area (TPSA) is 67.6 Å². The van der Waals surface area contributed by atoms with Gasteiger partial charge in [-0.1, -0.05) is 0 Å². The zero-order valence-corrected chi connectivity index (χ0v) is 7.92. The second-order valence-corrected chi connectivity index (χ2v) is 3.13. The summed E-state index contributed by atoms with van der Waals surface area (Å²) in [4.78, 5) is 3.46. The van der Waals surface area contributed by atoms with Gasteiger partial charge in [0, 0.05) is 24.0 Å². The fourth-order valence-corrected chi connectivity index (χ4v) is 1.33. The normalized spacial score (nSPS) is 11.7. The first-order valence-electron chi connectivity index (χ1n) is 4.31. The summed E-state index contributed by atoms with van der Waals surface area (Å²) in [6.45, 7) is 0. The molecule has 0 aliphatic carbocycles. The highest BCUT2D eigenvalue weighted by molar-refractivity contribution is 5.65. The molecule has 0 spiro atoms. The van der Waals surface area contributed by atoms with Gasteiger partial charge in [-0.25, -0.2) is 0 Å². The van der Waals surface area contributed by atoms with E-state index in [1.165, 1.54) is 18.3 Å². The second-order valence-electron chi connectivity index (χ2n) is 3.13. The molecule has 0 atom stereocenters. The maximum absolute atomic E-state index is 12.6. The molecule has 0 unspecified atom stereocenters. The van der Waals surface area contributed by atoms with Crippen LogP contribution in [0.4, 0.5) is 19.0 Å². The molecule has 0 aromatic carbocycles. The van der Waals surface area contributed by atoms with Crippen molar-refractivity contribution in [1.29, 1.82) is 0 Å². The summed E-state index contributed by atoms with van der Waals surface area (Å²) < 4.78 is 37.9. The Morgan fingerprint density at radius 3 is 2.62 bits per heavy atom. The monoisotopic (exact) mass is 228 g/mol. The van der Waals surface area contributed by atoms with E-state index in [2.05, 4.69) is 15.2 Å². The number of nitrogens with one attached hydrogen (secondary N) is 1. The number of hydrogen-bond acceptors (Lipinski definition) is 3. The molecule has 0 amide bonds. The molecule has 0 fully saturated rings. The third-order valence-electron chi connectivity index (χ3n) is 2.01. The first-order chi connectivity index (χ1) is 7.48. The molecule has 4 nitrogen and oxygen atoms in total. The van der Waals surface area contributed by atoms with Crippen LogP contribution in [-0.2, 0) is 6.18 Å². The minimum Gasteiger partial charge on any atom is -0.382 e. The van der Waals surface area contributed by atoms with Crippen LogP contribution in [0.2, 0.25) is 0 Å². The smallest absolute Gasteiger partial charge is 0.382 e. The van der Waals surface area contributed by atoms with E-state index in [1.807, 2.05) is 0 Å². The lowest BCUT2D eigenvalue weighted by molar-refractivity contribution is -0.137. The lowest BCUT2D eigenvalue weighted by atomic mass is 10.1. The van der Waals surface area contributed by atoms with Crippen LogP contribution in [0, 0.1) is 0 Å². The van der Waals surface area contributed by atoms with Gasteiger partial charge in [-0.05, 0) is 6.07 Å². The summed E-state index contributed by atoms with van der Waals surface area (Å²) in [6.07, 6.45) is -2.41. The van der Waals surface area contributed by atoms with Crippen molar-refractivity contribution < 1.29 is 13.2 Å². The van der Waals surface area contributed by atoms with Crippen molar-refractivity contribution in [2.45, 2.75) is 6.18 Å². The number of alkyl halides is 3. The maximum Gasteiger partial charge on any atom is 0.418 e. The molecule has 0 aliphatic heterocycles. The molecule has 2 aromatic heterocycles. The van der Waals surface area contributed by atoms with Crippen molar-refractivity contribution in [1.82, 2.24) is 15.2 Å². The summed E-state index contributed by atoms with van der Waals surface area (Å²) in [5, 5.41) is 6.01. The van der Waals surface area contributed by atoms with Crippen LogP contribution in [0.15, 0.2) is 24.5 Å². The van der Waals surface area contributed by atoms with E-state index < -0.39 is 11.7 Å². The van der Waals surface area contributed by atoms with E-state index in [9.17, 15) is 13.2 Å². The lowest BCUT2D eigenvalue weighted by Gasteiger charge is -2.10. The molecule has 2 heterocycles. The van der Waals surface area contributed by atoms with E-state index in [-0.39, 0.29) is 17.1 Å². The molecule has 0 saturated heterocycles. The third kappa shape index (κ3) is 1.83. The van der Waals surface area contributed by atoms with Gasteiger partial charge in [0.05, 0.1) is 11.3 Å². The van der Waals surface area contributed by atoms with Gasteiger partial charge in [-0.2, -0.15) is 18.3 Å². The number of rotatable bonds is 1. The van der Waals surface area contributed by atoms with Gasteiger partial charge in [0.15, 0.2) is 0 Å². The van der Waals surface area contributed by atoms with Gasteiger partial charge >= 0.3 is 6.18 Å². The number of aromatic amines is 1. The van der Waals surface area contributed by atoms with Gasteiger partial charge in [0.2, 0.25) is 0 Å². The van der Waals surface area contributed by atoms with Crippen molar-refractivity contribution >= 4 is 5.82 Å². The Bertz CT molecular complexity index is 503. The molecule has 84 valence electrons. The van der Waals surface area contributed by atoms with E-state index in [1.54, 1.807) is 0 Å².